The summed E-state index contributed by atoms with van der Waals surface area (Å²) >= 11 is 0. The van der Waals surface area contributed by atoms with Crippen molar-refractivity contribution in [3.05, 3.63) is 0 Å². The Labute approximate surface area is 59.1 Å². The lowest BCUT2D eigenvalue weighted by atomic mass is 10.2. The van der Waals surface area contributed by atoms with Crippen LogP contribution in [0.25, 0.3) is 0 Å². The molecule has 1 heteroatoms. The topological polar surface area (TPSA) is 3.24 Å². The third-order valence-electron chi connectivity index (χ3n) is 1.83. The molecule has 0 atom stereocenters. The van der Waals surface area contributed by atoms with Crippen LogP contribution in [-0.4, -0.2) is 25.0 Å². The maximum atomic E-state index is 2.42. The van der Waals surface area contributed by atoms with Crippen LogP contribution in [0.4, 0.5) is 0 Å². The van der Waals surface area contributed by atoms with Crippen LogP contribution in [0.3, 0.4) is 0 Å². The second-order valence-corrected chi connectivity index (χ2v) is 2.72. The molecule has 1 rings (SSSR count). The zero-order valence-corrected chi connectivity index (χ0v) is 5.69. The number of nitrogens with zero attached hydrogens (tertiary/aromatic N) is 1. The molecule has 1 saturated heterocycles. The molecular weight excluding hydrogens is 110 g/mol. The van der Waals surface area contributed by atoms with E-state index in [1.165, 1.54) is 38.8 Å². The highest BCUT2D eigenvalue weighted by atomic mass is 15.1. The maximum Gasteiger partial charge on any atom is -0.00218 e. The van der Waals surface area contributed by atoms with Crippen LogP contribution in [0.15, 0.2) is 0 Å². The molecule has 0 N–H and O–H groups in total. The molecule has 1 nitrogen and oxygen atoms in total. The largest absolute Gasteiger partial charge is 0.306 e. The first-order valence-corrected chi connectivity index (χ1v) is 3.58. The predicted molar refractivity (Wildman–Crippen MR) is 42.7 cm³/mol. The molecule has 0 aromatic heterocycles. The van der Waals surface area contributed by atoms with Crippen molar-refractivity contribution in [2.24, 2.45) is 0 Å². The summed E-state index contributed by atoms with van der Waals surface area (Å²) in [6.07, 6.45) is 5.72. The summed E-state index contributed by atoms with van der Waals surface area (Å²) in [4.78, 5) is 2.42. The van der Waals surface area contributed by atoms with Gasteiger partial charge < -0.3 is 4.90 Å². The Morgan fingerprint density at radius 2 is 1.33 bits per heavy atom. The highest BCUT2D eigenvalue weighted by Crippen LogP contribution is 2.06. The van der Waals surface area contributed by atoms with E-state index in [0.717, 1.165) is 0 Å². The van der Waals surface area contributed by atoms with Gasteiger partial charge in [0.1, 0.15) is 0 Å². The number of likely N-dealkylation sites (tertiary alicyclic amines) is 1. The van der Waals surface area contributed by atoms with E-state index in [9.17, 15) is 0 Å². The van der Waals surface area contributed by atoms with Gasteiger partial charge in [0.05, 0.1) is 0 Å². The van der Waals surface area contributed by atoms with Gasteiger partial charge in [-0.15, -0.1) is 0 Å². The van der Waals surface area contributed by atoms with E-state index in [2.05, 4.69) is 11.9 Å². The fourth-order valence-electron chi connectivity index (χ4n) is 1.23. The van der Waals surface area contributed by atoms with Gasteiger partial charge in [0.25, 0.3) is 0 Å². The highest BCUT2D eigenvalue weighted by molar-refractivity contribution is 4.57. The minimum Gasteiger partial charge on any atom is -0.306 e. The molecule has 1 fully saturated rings. The summed E-state index contributed by atoms with van der Waals surface area (Å²) in [5, 5.41) is 0. The molecular formula is C8H19N. The van der Waals surface area contributed by atoms with E-state index < -0.39 is 0 Å². The standard InChI is InChI=1S/C7H15N.CH4/c1-8-6-4-2-3-5-7-8;/h2-7H2,1H3;1H4. The van der Waals surface area contributed by atoms with Crippen molar-refractivity contribution in [2.45, 2.75) is 33.1 Å². The van der Waals surface area contributed by atoms with E-state index in [1.54, 1.807) is 0 Å². The Hall–Kier alpha value is -0.0400. The van der Waals surface area contributed by atoms with Gasteiger partial charge in [0.15, 0.2) is 0 Å². The Balaban J connectivity index is 0.000000640. The van der Waals surface area contributed by atoms with Crippen molar-refractivity contribution < 1.29 is 0 Å². The van der Waals surface area contributed by atoms with Gasteiger partial charge in [0.2, 0.25) is 0 Å². The average Bonchev–Trinajstić information content (AvgIpc) is 1.94. The Bertz CT molecular complexity index is 53.6. The quantitative estimate of drug-likeness (QED) is 0.484. The Morgan fingerprint density at radius 1 is 0.889 bits per heavy atom. The lowest BCUT2D eigenvalue weighted by molar-refractivity contribution is 0.349. The van der Waals surface area contributed by atoms with Crippen molar-refractivity contribution in [3.63, 3.8) is 0 Å². The van der Waals surface area contributed by atoms with Gasteiger partial charge in [-0.1, -0.05) is 20.3 Å². The van der Waals surface area contributed by atoms with Crippen LogP contribution < -0.4 is 0 Å². The molecule has 0 aromatic rings. The zero-order chi connectivity index (χ0) is 5.82. The average molecular weight is 129 g/mol. The zero-order valence-electron chi connectivity index (χ0n) is 5.69. The van der Waals surface area contributed by atoms with E-state index in [0.29, 0.717) is 0 Å². The molecule has 0 aliphatic carbocycles. The molecule has 1 aliphatic heterocycles. The Morgan fingerprint density at radius 3 is 1.78 bits per heavy atom. The van der Waals surface area contributed by atoms with Crippen LogP contribution in [0, 0.1) is 0 Å². The molecule has 56 valence electrons. The summed E-state index contributed by atoms with van der Waals surface area (Å²) in [5.74, 6) is 0. The van der Waals surface area contributed by atoms with Crippen molar-refractivity contribution in [2.75, 3.05) is 20.1 Å². The normalized spacial score (nSPS) is 22.3. The highest BCUT2D eigenvalue weighted by Gasteiger charge is 2.01. The number of hydrogen-bond acceptors (Lipinski definition) is 1. The van der Waals surface area contributed by atoms with Gasteiger partial charge in [-0.2, -0.15) is 0 Å². The van der Waals surface area contributed by atoms with E-state index in [1.807, 2.05) is 0 Å². The van der Waals surface area contributed by atoms with Crippen LogP contribution in [0.2, 0.25) is 0 Å². The number of rotatable bonds is 0. The van der Waals surface area contributed by atoms with E-state index in [-0.39, 0.29) is 7.43 Å². The summed E-state index contributed by atoms with van der Waals surface area (Å²) in [7, 11) is 2.21. The molecule has 0 aromatic carbocycles. The fourth-order valence-corrected chi connectivity index (χ4v) is 1.23. The lowest BCUT2D eigenvalue weighted by Gasteiger charge is -2.10. The van der Waals surface area contributed by atoms with Crippen molar-refractivity contribution in [1.29, 1.82) is 0 Å². The minimum atomic E-state index is 0. The fraction of sp³-hybridized carbons (Fsp3) is 1.00. The predicted octanol–water partition coefficient (Wildman–Crippen LogP) is 2.13. The summed E-state index contributed by atoms with van der Waals surface area (Å²) in [6, 6.07) is 0. The molecule has 0 radical (unpaired) electrons. The molecule has 0 saturated carbocycles. The van der Waals surface area contributed by atoms with Gasteiger partial charge in [-0.3, -0.25) is 0 Å². The molecule has 0 spiro atoms. The van der Waals surface area contributed by atoms with E-state index >= 15 is 0 Å². The smallest absolute Gasteiger partial charge is 0.00218 e. The third kappa shape index (κ3) is 3.52. The van der Waals surface area contributed by atoms with Crippen LogP contribution in [0.1, 0.15) is 33.1 Å². The number of hydrogen-bond donors (Lipinski definition) is 0. The molecule has 9 heavy (non-hydrogen) atoms. The van der Waals surface area contributed by atoms with Crippen molar-refractivity contribution >= 4 is 0 Å². The van der Waals surface area contributed by atoms with Gasteiger partial charge in [0, 0.05) is 0 Å². The van der Waals surface area contributed by atoms with Crippen LogP contribution in [0.5, 0.6) is 0 Å². The second-order valence-electron chi connectivity index (χ2n) is 2.72. The molecule has 0 amide bonds. The first kappa shape index (κ1) is 8.96. The third-order valence-corrected chi connectivity index (χ3v) is 1.83. The van der Waals surface area contributed by atoms with E-state index in [4.69, 9.17) is 0 Å². The molecule has 1 heterocycles. The summed E-state index contributed by atoms with van der Waals surface area (Å²) < 4.78 is 0. The Kier molecular flexibility index (Phi) is 4.78. The first-order valence-electron chi connectivity index (χ1n) is 3.58. The van der Waals surface area contributed by atoms with Crippen molar-refractivity contribution in [3.8, 4) is 0 Å². The lowest BCUT2D eigenvalue weighted by Crippen LogP contribution is -2.18. The SMILES string of the molecule is C.CN1CCCCCC1. The second kappa shape index (κ2) is 4.80. The minimum absolute atomic E-state index is 0. The molecule has 1 aliphatic rings. The first-order chi connectivity index (χ1) is 3.89. The molecule has 0 bridgehead atoms. The van der Waals surface area contributed by atoms with Gasteiger partial charge in [-0.05, 0) is 33.0 Å². The van der Waals surface area contributed by atoms with Crippen LogP contribution in [-0.2, 0) is 0 Å². The maximum absolute atomic E-state index is 2.42. The molecule has 0 unspecified atom stereocenters. The van der Waals surface area contributed by atoms with Crippen molar-refractivity contribution in [1.82, 2.24) is 4.90 Å². The summed E-state index contributed by atoms with van der Waals surface area (Å²) in [6.45, 7) is 2.64. The monoisotopic (exact) mass is 129 g/mol. The van der Waals surface area contributed by atoms with Crippen LogP contribution >= 0.6 is 0 Å². The summed E-state index contributed by atoms with van der Waals surface area (Å²) in [5.41, 5.74) is 0. The van der Waals surface area contributed by atoms with Gasteiger partial charge in [-0.25, -0.2) is 0 Å². The van der Waals surface area contributed by atoms with Gasteiger partial charge >= 0.3 is 0 Å².